The normalized spacial score (nSPS) is 13.0. The lowest BCUT2D eigenvalue weighted by atomic mass is 10.1. The van der Waals surface area contributed by atoms with Gasteiger partial charge in [0.05, 0.1) is 23.9 Å². The molecule has 0 heterocycles. The molecule has 33 heavy (non-hydrogen) atoms. The Hall–Kier alpha value is -2.99. The maximum Gasteiger partial charge on any atom is 0.248 e. The summed E-state index contributed by atoms with van der Waals surface area (Å²) in [7, 11) is 1.60. The highest BCUT2D eigenvalue weighted by atomic mass is 79.9. The van der Waals surface area contributed by atoms with Crippen LogP contribution in [0.15, 0.2) is 70.7 Å². The molecule has 0 saturated carbocycles. The third-order valence-corrected chi connectivity index (χ3v) is 5.62. The van der Waals surface area contributed by atoms with E-state index < -0.39 is 0 Å². The number of anilines is 1. The second-order valence-electron chi connectivity index (χ2n) is 7.60. The molecule has 0 atom stereocenters. The van der Waals surface area contributed by atoms with Gasteiger partial charge in [0.2, 0.25) is 5.91 Å². The lowest BCUT2D eigenvalue weighted by Crippen LogP contribution is -2.09. The maximum absolute atomic E-state index is 12.5. The Morgan fingerprint density at radius 3 is 2.76 bits per heavy atom. The number of amides is 1. The van der Waals surface area contributed by atoms with Gasteiger partial charge in [0.15, 0.2) is 11.5 Å². The van der Waals surface area contributed by atoms with Crippen molar-refractivity contribution in [2.75, 3.05) is 25.6 Å². The van der Waals surface area contributed by atoms with Gasteiger partial charge in [0.25, 0.3) is 0 Å². The smallest absolute Gasteiger partial charge is 0.248 e. The van der Waals surface area contributed by atoms with Gasteiger partial charge in [-0.15, -0.1) is 0 Å². The Morgan fingerprint density at radius 2 is 2.00 bits per heavy atom. The van der Waals surface area contributed by atoms with Gasteiger partial charge < -0.3 is 19.5 Å². The summed E-state index contributed by atoms with van der Waals surface area (Å²) >= 11 is 3.57. The summed E-state index contributed by atoms with van der Waals surface area (Å²) in [6.45, 7) is 3.21. The molecule has 2 aromatic carbocycles. The fourth-order valence-corrected chi connectivity index (χ4v) is 3.85. The number of rotatable bonds is 11. The minimum absolute atomic E-state index is 0.243. The van der Waals surface area contributed by atoms with Crippen LogP contribution in [0.2, 0.25) is 0 Å². The Balaban J connectivity index is 1.66. The highest BCUT2D eigenvalue weighted by molar-refractivity contribution is 9.10. The summed E-state index contributed by atoms with van der Waals surface area (Å²) in [4.78, 5) is 12.5. The lowest BCUT2D eigenvalue weighted by Gasteiger charge is -2.15. The number of para-hydroxylation sites is 2. The highest BCUT2D eigenvalue weighted by Gasteiger charge is 2.12. The average Bonchev–Trinajstić information content (AvgIpc) is 2.83. The zero-order valence-electron chi connectivity index (χ0n) is 19.1. The van der Waals surface area contributed by atoms with E-state index in [-0.39, 0.29) is 5.91 Å². The molecule has 1 aliphatic rings. The zero-order chi connectivity index (χ0) is 23.5. The number of carbonyl (C=O) groups is 1. The van der Waals surface area contributed by atoms with Gasteiger partial charge in [-0.25, -0.2) is 0 Å². The molecule has 0 unspecified atom stereocenters. The monoisotopic (exact) mass is 511 g/mol. The molecular weight excluding hydrogens is 482 g/mol. The van der Waals surface area contributed by atoms with Gasteiger partial charge >= 0.3 is 0 Å². The molecule has 0 saturated heterocycles. The number of ether oxygens (including phenoxy) is 3. The number of methoxy groups -OCH3 is 1. The van der Waals surface area contributed by atoms with Crippen molar-refractivity contribution in [3.05, 3.63) is 76.3 Å². The predicted molar refractivity (Wildman–Crippen MR) is 137 cm³/mol. The fraction of sp³-hybridized carbons (Fsp3) is 0.296. The van der Waals surface area contributed by atoms with E-state index in [0.717, 1.165) is 41.3 Å². The second kappa shape index (κ2) is 12.9. The molecule has 0 aliphatic heterocycles. The van der Waals surface area contributed by atoms with Crippen LogP contribution in [0.25, 0.3) is 6.08 Å². The van der Waals surface area contributed by atoms with E-state index in [2.05, 4.69) is 46.4 Å². The summed E-state index contributed by atoms with van der Waals surface area (Å²) < 4.78 is 18.1. The van der Waals surface area contributed by atoms with E-state index in [1.807, 2.05) is 36.4 Å². The number of halogens is 1. The predicted octanol–water partition coefficient (Wildman–Crippen LogP) is 6.94. The number of benzene rings is 2. The van der Waals surface area contributed by atoms with Crippen molar-refractivity contribution >= 4 is 33.6 Å². The van der Waals surface area contributed by atoms with E-state index in [0.29, 0.717) is 36.1 Å². The van der Waals surface area contributed by atoms with Crippen LogP contribution >= 0.6 is 15.9 Å². The molecule has 0 radical (unpaired) electrons. The van der Waals surface area contributed by atoms with E-state index in [4.69, 9.17) is 14.2 Å². The largest absolute Gasteiger partial charge is 0.493 e. The number of carbonyl (C=O) groups excluding carboxylic acids is 1. The van der Waals surface area contributed by atoms with Gasteiger partial charge in [0, 0.05) is 6.08 Å². The average molecular weight is 512 g/mol. The van der Waals surface area contributed by atoms with Crippen LogP contribution in [-0.4, -0.2) is 26.2 Å². The summed E-state index contributed by atoms with van der Waals surface area (Å²) in [6.07, 6.45) is 13.8. The van der Waals surface area contributed by atoms with Crippen molar-refractivity contribution in [2.24, 2.45) is 0 Å². The molecule has 1 N–H and O–H groups in total. The Morgan fingerprint density at radius 1 is 1.15 bits per heavy atom. The molecule has 0 aromatic heterocycles. The Labute approximate surface area is 204 Å². The van der Waals surface area contributed by atoms with E-state index >= 15 is 0 Å². The molecule has 0 fully saturated rings. The second-order valence-corrected chi connectivity index (χ2v) is 8.46. The maximum atomic E-state index is 12.5. The van der Waals surface area contributed by atoms with Crippen LogP contribution in [0.4, 0.5) is 5.69 Å². The third-order valence-electron chi connectivity index (χ3n) is 5.03. The van der Waals surface area contributed by atoms with Crippen molar-refractivity contribution < 1.29 is 19.0 Å². The fourth-order valence-electron chi connectivity index (χ4n) is 3.27. The van der Waals surface area contributed by atoms with Crippen LogP contribution in [0, 0.1) is 0 Å². The molecule has 5 nitrogen and oxygen atoms in total. The molecule has 1 amide bonds. The van der Waals surface area contributed by atoms with Crippen LogP contribution in [-0.2, 0) is 4.79 Å². The summed E-state index contributed by atoms with van der Waals surface area (Å²) in [5.41, 5.74) is 2.61. The van der Waals surface area contributed by atoms with Gasteiger partial charge in [0.1, 0.15) is 12.4 Å². The van der Waals surface area contributed by atoms with Gasteiger partial charge in [-0.2, -0.15) is 0 Å². The molecule has 0 bridgehead atoms. The zero-order valence-corrected chi connectivity index (χ0v) is 20.7. The third kappa shape index (κ3) is 7.53. The van der Waals surface area contributed by atoms with Crippen LogP contribution in [0.1, 0.15) is 38.2 Å². The lowest BCUT2D eigenvalue weighted by molar-refractivity contribution is -0.111. The van der Waals surface area contributed by atoms with Crippen LogP contribution < -0.4 is 19.5 Å². The van der Waals surface area contributed by atoms with Crippen molar-refractivity contribution in [3.8, 4) is 17.2 Å². The molecule has 2 aromatic rings. The topological polar surface area (TPSA) is 56.8 Å². The number of unbranched alkanes of at least 4 members (excludes halogenated alkanes) is 1. The first kappa shape index (κ1) is 24.6. The molecule has 3 rings (SSSR count). The van der Waals surface area contributed by atoms with Gasteiger partial charge in [-0.05, 0) is 76.7 Å². The van der Waals surface area contributed by atoms with Crippen molar-refractivity contribution in [3.63, 3.8) is 0 Å². The van der Waals surface area contributed by atoms with Gasteiger partial charge in [-0.3, -0.25) is 4.79 Å². The first-order valence-corrected chi connectivity index (χ1v) is 12.0. The first-order valence-electron chi connectivity index (χ1n) is 11.2. The minimum atomic E-state index is -0.243. The van der Waals surface area contributed by atoms with Crippen LogP contribution in [0.5, 0.6) is 17.2 Å². The van der Waals surface area contributed by atoms with Crippen molar-refractivity contribution in [2.45, 2.75) is 32.6 Å². The number of allylic oxidation sites excluding steroid dienone is 2. The van der Waals surface area contributed by atoms with Gasteiger partial charge in [-0.1, -0.05) is 43.7 Å². The molecule has 1 aliphatic carbocycles. The Kier molecular flexibility index (Phi) is 9.63. The highest BCUT2D eigenvalue weighted by Crippen LogP contribution is 2.37. The summed E-state index contributed by atoms with van der Waals surface area (Å²) in [5.74, 6) is 1.66. The van der Waals surface area contributed by atoms with Crippen molar-refractivity contribution in [1.82, 2.24) is 0 Å². The SMILES string of the molecule is CCCCOc1ccccc1NC(=O)/C=C/c1cc(Br)c(OCC2=CCCC=C2)c(OC)c1. The quantitative estimate of drug-likeness (QED) is 0.262. The number of hydrogen-bond donors (Lipinski definition) is 1. The molecule has 6 heteroatoms. The first-order chi connectivity index (χ1) is 16.1. The number of hydrogen-bond acceptors (Lipinski definition) is 4. The summed E-state index contributed by atoms with van der Waals surface area (Å²) in [6, 6.07) is 11.2. The number of nitrogens with one attached hydrogen (secondary N) is 1. The van der Waals surface area contributed by atoms with Crippen LogP contribution in [0.3, 0.4) is 0 Å². The molecule has 174 valence electrons. The molecule has 0 spiro atoms. The molecular formula is C27H30BrNO4. The minimum Gasteiger partial charge on any atom is -0.493 e. The standard InChI is InChI=1S/C27H30BrNO4/c1-3-4-16-32-24-13-9-8-12-23(24)29-26(30)15-14-21-17-22(28)27(25(18-21)31-2)33-19-20-10-6-5-7-11-20/h6,8-15,17-18H,3-5,7,16,19H2,1-2H3,(H,29,30)/b15-14+. The van der Waals surface area contributed by atoms with Crippen molar-refractivity contribution in [1.29, 1.82) is 0 Å². The van der Waals surface area contributed by atoms with E-state index in [9.17, 15) is 4.79 Å². The summed E-state index contributed by atoms with van der Waals surface area (Å²) in [5, 5.41) is 2.89. The van der Waals surface area contributed by atoms with E-state index in [1.165, 1.54) is 6.08 Å². The Bertz CT molecular complexity index is 1040. The van der Waals surface area contributed by atoms with E-state index in [1.54, 1.807) is 13.2 Å².